The first-order valence-electron chi connectivity index (χ1n) is 9.25. The first-order chi connectivity index (χ1) is 13.3. The van der Waals surface area contributed by atoms with Gasteiger partial charge in [-0.2, -0.15) is 0 Å². The van der Waals surface area contributed by atoms with Gasteiger partial charge in [-0.3, -0.25) is 14.3 Å². The lowest BCUT2D eigenvalue weighted by Gasteiger charge is -2.43. The van der Waals surface area contributed by atoms with Crippen LogP contribution in [0, 0.1) is 6.92 Å². The van der Waals surface area contributed by atoms with Crippen molar-refractivity contribution in [2.24, 2.45) is 0 Å². The van der Waals surface area contributed by atoms with Gasteiger partial charge in [0.2, 0.25) is 0 Å². The van der Waals surface area contributed by atoms with E-state index in [0.717, 1.165) is 4.90 Å². The molecule has 0 radical (unpaired) electrons. The molecule has 7 nitrogen and oxygen atoms in total. The Kier molecular flexibility index (Phi) is 4.99. The van der Waals surface area contributed by atoms with Crippen molar-refractivity contribution in [3.8, 4) is 0 Å². The maximum absolute atomic E-state index is 12.5. The van der Waals surface area contributed by atoms with Crippen molar-refractivity contribution in [1.82, 2.24) is 9.55 Å². The fraction of sp³-hybridized carbons (Fsp3) is 0.500. The minimum absolute atomic E-state index is 0.131. The summed E-state index contributed by atoms with van der Waals surface area (Å²) in [6.07, 6.45) is 1.61. The second-order valence-electron chi connectivity index (χ2n) is 7.75. The maximum atomic E-state index is 12.5. The summed E-state index contributed by atoms with van der Waals surface area (Å²) in [5, 5.41) is -0.131. The highest BCUT2D eigenvalue weighted by atomic mass is 32.2. The number of hydrogen-bond donors (Lipinski definition) is 1. The second-order valence-corrected chi connectivity index (χ2v) is 8.97. The monoisotopic (exact) mass is 404 g/mol. The predicted molar refractivity (Wildman–Crippen MR) is 106 cm³/mol. The minimum atomic E-state index is -0.676. The molecule has 0 saturated carbocycles. The summed E-state index contributed by atoms with van der Waals surface area (Å²) < 4.78 is 19.6. The van der Waals surface area contributed by atoms with Gasteiger partial charge in [0.15, 0.2) is 5.79 Å². The molecule has 2 saturated heterocycles. The van der Waals surface area contributed by atoms with Gasteiger partial charge in [0.1, 0.15) is 5.60 Å². The largest absolute Gasteiger partial charge is 0.367 e. The number of nitrogens with one attached hydrogen (secondary N) is 1. The fourth-order valence-electron chi connectivity index (χ4n) is 3.58. The third-order valence-electron chi connectivity index (χ3n) is 5.25. The van der Waals surface area contributed by atoms with Gasteiger partial charge in [-0.25, -0.2) is 4.79 Å². The lowest BCUT2D eigenvalue weighted by atomic mass is 9.97. The van der Waals surface area contributed by atoms with Crippen molar-refractivity contribution < 1.29 is 14.2 Å². The highest BCUT2D eigenvalue weighted by molar-refractivity contribution is 8.00. The number of aromatic nitrogens is 2. The fourth-order valence-corrected chi connectivity index (χ4v) is 4.98. The molecule has 0 aliphatic carbocycles. The normalized spacial score (nSPS) is 25.8. The molecule has 0 bridgehead atoms. The molecule has 1 spiro atoms. The number of H-pyrrole nitrogens is 1. The second kappa shape index (κ2) is 7.18. The van der Waals surface area contributed by atoms with E-state index < -0.39 is 17.1 Å². The Morgan fingerprint density at radius 1 is 1.11 bits per heavy atom. The Bertz CT molecular complexity index is 959. The summed E-state index contributed by atoms with van der Waals surface area (Å²) in [4.78, 5) is 27.8. The average molecular weight is 404 g/mol. The zero-order valence-electron chi connectivity index (χ0n) is 16.1. The van der Waals surface area contributed by atoms with Crippen LogP contribution in [0.15, 0.2) is 51.0 Å². The van der Waals surface area contributed by atoms with Gasteiger partial charge in [-0.1, -0.05) is 18.2 Å². The van der Waals surface area contributed by atoms with Crippen LogP contribution >= 0.6 is 11.8 Å². The van der Waals surface area contributed by atoms with Crippen LogP contribution in [0.25, 0.3) is 0 Å². The van der Waals surface area contributed by atoms with Gasteiger partial charge in [0, 0.05) is 16.7 Å². The first-order valence-corrected chi connectivity index (χ1v) is 10.1. The molecule has 0 unspecified atom stereocenters. The van der Waals surface area contributed by atoms with E-state index in [-0.39, 0.29) is 16.9 Å². The molecule has 1 N–H and O–H groups in total. The molecule has 150 valence electrons. The van der Waals surface area contributed by atoms with Crippen LogP contribution in [-0.2, 0) is 14.2 Å². The Hall–Kier alpha value is -1.87. The van der Waals surface area contributed by atoms with E-state index >= 15 is 0 Å². The van der Waals surface area contributed by atoms with Crippen molar-refractivity contribution in [2.45, 2.75) is 48.3 Å². The van der Waals surface area contributed by atoms with Crippen molar-refractivity contribution in [2.75, 3.05) is 19.8 Å². The predicted octanol–water partition coefficient (Wildman–Crippen LogP) is 2.10. The molecule has 2 aliphatic rings. The zero-order valence-corrected chi connectivity index (χ0v) is 17.0. The Morgan fingerprint density at radius 2 is 1.79 bits per heavy atom. The third kappa shape index (κ3) is 3.57. The number of ether oxygens (including phenoxy) is 3. The average Bonchev–Trinajstić information content (AvgIpc) is 3.00. The number of nitrogens with zero attached hydrogens (tertiary/aromatic N) is 1. The number of aromatic amines is 1. The van der Waals surface area contributed by atoms with Crippen LogP contribution in [0.2, 0.25) is 0 Å². The quantitative estimate of drug-likeness (QED) is 0.844. The van der Waals surface area contributed by atoms with Gasteiger partial charge in [0.25, 0.3) is 5.56 Å². The van der Waals surface area contributed by atoms with E-state index in [2.05, 4.69) is 4.98 Å². The lowest BCUT2D eigenvalue weighted by molar-refractivity contribution is -0.300. The first kappa shape index (κ1) is 19.4. The molecule has 1 aromatic carbocycles. The molecule has 28 heavy (non-hydrogen) atoms. The van der Waals surface area contributed by atoms with Crippen LogP contribution in [0.3, 0.4) is 0 Å². The van der Waals surface area contributed by atoms with Crippen LogP contribution in [0.1, 0.15) is 25.5 Å². The van der Waals surface area contributed by atoms with E-state index in [1.54, 1.807) is 29.4 Å². The number of aryl methyl sites for hydroxylation is 1. The molecular weight excluding hydrogens is 380 g/mol. The zero-order chi connectivity index (χ0) is 19.9. The highest BCUT2D eigenvalue weighted by Gasteiger charge is 2.55. The smallest absolute Gasteiger partial charge is 0.328 e. The summed E-state index contributed by atoms with van der Waals surface area (Å²) in [6.45, 7) is 6.52. The van der Waals surface area contributed by atoms with Crippen molar-refractivity contribution in [1.29, 1.82) is 0 Å². The lowest BCUT2D eigenvalue weighted by Crippen LogP contribution is -2.56. The van der Waals surface area contributed by atoms with E-state index in [4.69, 9.17) is 14.2 Å². The van der Waals surface area contributed by atoms with Crippen LogP contribution in [0.4, 0.5) is 0 Å². The summed E-state index contributed by atoms with van der Waals surface area (Å²) in [6, 6.07) is 9.72. The number of hydrogen-bond acceptors (Lipinski definition) is 6. The van der Waals surface area contributed by atoms with Crippen molar-refractivity contribution in [3.05, 3.63) is 62.9 Å². The number of benzene rings is 1. The highest BCUT2D eigenvalue weighted by Crippen LogP contribution is 2.47. The van der Waals surface area contributed by atoms with Gasteiger partial charge in [0.05, 0.1) is 31.1 Å². The Balaban J connectivity index is 1.73. The maximum Gasteiger partial charge on any atom is 0.328 e. The number of thioether (sulfide) groups is 1. The molecule has 2 fully saturated rings. The molecule has 0 amide bonds. The molecule has 2 atom stereocenters. The van der Waals surface area contributed by atoms with Crippen LogP contribution < -0.4 is 11.2 Å². The molecule has 3 heterocycles. The van der Waals surface area contributed by atoms with E-state index in [1.807, 2.05) is 44.2 Å². The molecule has 2 aliphatic heterocycles. The van der Waals surface area contributed by atoms with Gasteiger partial charge >= 0.3 is 5.69 Å². The molecule has 1 aromatic heterocycles. The molecule has 4 rings (SSSR count). The standard InChI is InChI=1S/C20H24N2O5S/c1-13-9-22(18(24)21-17(13)23)15-10-25-20(11-26-19(2,3)27-12-20)16(15)28-14-7-5-4-6-8-14/h4-9,15-16H,10-12H2,1-3H3,(H,21,23,24)/t15-,16+/m1/s1. The SMILES string of the molecule is Cc1cn([C@@H]2COC3(COC(C)(C)OC3)[C@H]2Sc2ccccc2)c(=O)[nH]c1=O. The topological polar surface area (TPSA) is 82.6 Å². The number of rotatable bonds is 3. The van der Waals surface area contributed by atoms with Gasteiger partial charge in [-0.05, 0) is 32.9 Å². The molecular formula is C20H24N2O5S. The molecule has 8 heteroatoms. The summed E-state index contributed by atoms with van der Waals surface area (Å²) in [7, 11) is 0. The Morgan fingerprint density at radius 3 is 2.46 bits per heavy atom. The summed E-state index contributed by atoms with van der Waals surface area (Å²) in [5.41, 5.74) is -0.989. The van der Waals surface area contributed by atoms with Gasteiger partial charge < -0.3 is 14.2 Å². The summed E-state index contributed by atoms with van der Waals surface area (Å²) >= 11 is 1.64. The van der Waals surface area contributed by atoms with E-state index in [0.29, 0.717) is 25.4 Å². The van der Waals surface area contributed by atoms with Gasteiger partial charge in [-0.15, -0.1) is 11.8 Å². The Labute approximate surface area is 167 Å². The summed E-state index contributed by atoms with van der Waals surface area (Å²) in [5.74, 6) is -0.667. The van der Waals surface area contributed by atoms with E-state index in [9.17, 15) is 9.59 Å². The molecule has 2 aromatic rings. The van der Waals surface area contributed by atoms with Crippen molar-refractivity contribution >= 4 is 11.8 Å². The van der Waals surface area contributed by atoms with Crippen molar-refractivity contribution in [3.63, 3.8) is 0 Å². The van der Waals surface area contributed by atoms with Crippen LogP contribution in [-0.4, -0.2) is 46.0 Å². The minimum Gasteiger partial charge on any atom is -0.367 e. The third-order valence-corrected chi connectivity index (χ3v) is 6.79. The van der Waals surface area contributed by atoms with E-state index in [1.165, 1.54) is 0 Å². The van der Waals surface area contributed by atoms with Crippen LogP contribution in [0.5, 0.6) is 0 Å².